The topological polar surface area (TPSA) is 90.3 Å². The number of para-hydroxylation sites is 1. The summed E-state index contributed by atoms with van der Waals surface area (Å²) >= 11 is 11.9. The number of esters is 1. The van der Waals surface area contributed by atoms with Crippen LogP contribution in [0, 0.1) is 0 Å². The monoisotopic (exact) mass is 431 g/mol. The zero-order valence-corrected chi connectivity index (χ0v) is 16.7. The van der Waals surface area contributed by atoms with Gasteiger partial charge in [0, 0.05) is 11.1 Å². The number of carbonyl (C=O) groups is 2. The van der Waals surface area contributed by atoms with Crippen LogP contribution in [-0.4, -0.2) is 28.3 Å². The second-order valence-electron chi connectivity index (χ2n) is 5.79. The Bertz CT molecular complexity index is 1130. The average Bonchev–Trinajstić information content (AvgIpc) is 2.68. The molecular weight excluding hydrogens is 417 g/mol. The van der Waals surface area contributed by atoms with Crippen molar-refractivity contribution in [2.45, 2.75) is 6.92 Å². The van der Waals surface area contributed by atoms with Crippen LogP contribution in [-0.2, 0) is 4.74 Å². The van der Waals surface area contributed by atoms with Crippen molar-refractivity contribution in [1.82, 2.24) is 9.78 Å². The van der Waals surface area contributed by atoms with Gasteiger partial charge in [0.05, 0.1) is 28.6 Å². The van der Waals surface area contributed by atoms with Gasteiger partial charge < -0.3 is 10.1 Å². The fourth-order valence-corrected chi connectivity index (χ4v) is 3.01. The number of hydrogen-bond acceptors (Lipinski definition) is 5. The number of rotatable bonds is 5. The molecule has 0 atom stereocenters. The van der Waals surface area contributed by atoms with Gasteiger partial charge in [-0.05, 0) is 37.3 Å². The molecule has 0 aliphatic heterocycles. The van der Waals surface area contributed by atoms with Crippen molar-refractivity contribution in [1.29, 1.82) is 0 Å². The highest BCUT2D eigenvalue weighted by molar-refractivity contribution is 6.37. The minimum absolute atomic E-state index is 0.0864. The van der Waals surface area contributed by atoms with Crippen LogP contribution in [0.3, 0.4) is 0 Å². The zero-order chi connectivity index (χ0) is 21.0. The van der Waals surface area contributed by atoms with Crippen LogP contribution < -0.4 is 10.9 Å². The van der Waals surface area contributed by atoms with Gasteiger partial charge in [-0.15, -0.1) is 0 Å². The first-order chi connectivity index (χ1) is 13.9. The highest BCUT2D eigenvalue weighted by Gasteiger charge is 2.21. The van der Waals surface area contributed by atoms with Gasteiger partial charge in [0.2, 0.25) is 0 Å². The quantitative estimate of drug-likeness (QED) is 0.617. The van der Waals surface area contributed by atoms with Crippen molar-refractivity contribution in [2.75, 3.05) is 11.9 Å². The van der Waals surface area contributed by atoms with Crippen LogP contribution >= 0.6 is 23.2 Å². The minimum Gasteiger partial charge on any atom is -0.461 e. The Labute approximate surface area is 175 Å². The summed E-state index contributed by atoms with van der Waals surface area (Å²) in [5.74, 6) is -1.41. The SMILES string of the molecule is CCOC(=O)c1nn(-c2ccccc2)c(=O)cc1NC(=O)c1ccc(Cl)cc1Cl. The van der Waals surface area contributed by atoms with Crippen LogP contribution in [0.1, 0.15) is 27.8 Å². The highest BCUT2D eigenvalue weighted by atomic mass is 35.5. The minimum atomic E-state index is -0.783. The molecule has 7 nitrogen and oxygen atoms in total. The Morgan fingerprint density at radius 3 is 2.48 bits per heavy atom. The van der Waals surface area contributed by atoms with Crippen LogP contribution in [0.4, 0.5) is 5.69 Å². The molecule has 0 radical (unpaired) electrons. The molecule has 1 amide bonds. The van der Waals surface area contributed by atoms with E-state index in [9.17, 15) is 14.4 Å². The normalized spacial score (nSPS) is 10.4. The third kappa shape index (κ3) is 4.64. The molecule has 3 rings (SSSR count). The predicted octanol–water partition coefficient (Wildman–Crippen LogP) is 3.97. The van der Waals surface area contributed by atoms with Gasteiger partial charge in [-0.1, -0.05) is 41.4 Å². The van der Waals surface area contributed by atoms with Crippen LogP contribution in [0.15, 0.2) is 59.4 Å². The molecule has 0 aliphatic rings. The van der Waals surface area contributed by atoms with E-state index in [1.165, 1.54) is 18.2 Å². The second-order valence-corrected chi connectivity index (χ2v) is 6.63. The van der Waals surface area contributed by atoms with Gasteiger partial charge in [0.1, 0.15) is 0 Å². The Morgan fingerprint density at radius 1 is 1.10 bits per heavy atom. The molecule has 0 fully saturated rings. The molecule has 0 bridgehead atoms. The maximum Gasteiger partial charge on any atom is 0.360 e. The van der Waals surface area contributed by atoms with E-state index in [1.54, 1.807) is 37.3 Å². The third-order valence-electron chi connectivity index (χ3n) is 3.83. The fourth-order valence-electron chi connectivity index (χ4n) is 2.52. The van der Waals surface area contributed by atoms with Crippen molar-refractivity contribution in [3.8, 4) is 5.69 Å². The summed E-state index contributed by atoms with van der Waals surface area (Å²) in [5, 5.41) is 7.10. The maximum absolute atomic E-state index is 12.6. The molecule has 148 valence electrons. The first kappa shape index (κ1) is 20.6. The lowest BCUT2D eigenvalue weighted by Gasteiger charge is -2.13. The van der Waals surface area contributed by atoms with Gasteiger partial charge in [-0.25, -0.2) is 4.79 Å². The van der Waals surface area contributed by atoms with Gasteiger partial charge in [-0.2, -0.15) is 9.78 Å². The van der Waals surface area contributed by atoms with E-state index in [-0.39, 0.29) is 28.6 Å². The predicted molar refractivity (Wildman–Crippen MR) is 110 cm³/mol. The fraction of sp³-hybridized carbons (Fsp3) is 0.100. The molecule has 0 spiro atoms. The van der Waals surface area contributed by atoms with Crippen LogP contribution in [0.5, 0.6) is 0 Å². The van der Waals surface area contributed by atoms with Crippen LogP contribution in [0.2, 0.25) is 10.0 Å². The largest absolute Gasteiger partial charge is 0.461 e. The molecule has 1 aromatic heterocycles. The van der Waals surface area contributed by atoms with Gasteiger partial charge in [-0.3, -0.25) is 9.59 Å². The summed E-state index contributed by atoms with van der Waals surface area (Å²) in [4.78, 5) is 37.6. The lowest BCUT2D eigenvalue weighted by atomic mass is 10.2. The van der Waals surface area contributed by atoms with Crippen molar-refractivity contribution in [2.24, 2.45) is 0 Å². The van der Waals surface area contributed by atoms with E-state index < -0.39 is 17.4 Å². The van der Waals surface area contributed by atoms with E-state index in [0.29, 0.717) is 10.7 Å². The number of nitrogens with zero attached hydrogens (tertiary/aromatic N) is 2. The molecule has 0 saturated carbocycles. The lowest BCUT2D eigenvalue weighted by molar-refractivity contribution is 0.0518. The van der Waals surface area contributed by atoms with Gasteiger partial charge in [0.25, 0.3) is 11.5 Å². The smallest absolute Gasteiger partial charge is 0.360 e. The summed E-state index contributed by atoms with van der Waals surface area (Å²) in [6.07, 6.45) is 0. The molecule has 3 aromatic rings. The zero-order valence-electron chi connectivity index (χ0n) is 15.2. The summed E-state index contributed by atoms with van der Waals surface area (Å²) < 4.78 is 6.07. The Kier molecular flexibility index (Phi) is 6.31. The van der Waals surface area contributed by atoms with Crippen molar-refractivity contribution < 1.29 is 14.3 Å². The Morgan fingerprint density at radius 2 is 1.83 bits per heavy atom. The number of anilines is 1. The molecule has 29 heavy (non-hydrogen) atoms. The lowest BCUT2D eigenvalue weighted by Crippen LogP contribution is -2.27. The number of ether oxygens (including phenoxy) is 1. The van der Waals surface area contributed by atoms with Crippen LogP contribution in [0.25, 0.3) is 5.69 Å². The summed E-state index contributed by atoms with van der Waals surface area (Å²) in [6.45, 7) is 1.73. The van der Waals surface area contributed by atoms with Crippen molar-refractivity contribution >= 4 is 40.8 Å². The number of carbonyl (C=O) groups excluding carboxylic acids is 2. The number of hydrogen-bond donors (Lipinski definition) is 1. The molecule has 0 unspecified atom stereocenters. The van der Waals surface area contributed by atoms with E-state index >= 15 is 0 Å². The van der Waals surface area contributed by atoms with Gasteiger partial charge in [0.15, 0.2) is 5.69 Å². The van der Waals surface area contributed by atoms with E-state index in [2.05, 4.69) is 10.4 Å². The Balaban J connectivity index is 2.05. The third-order valence-corrected chi connectivity index (χ3v) is 4.37. The summed E-state index contributed by atoms with van der Waals surface area (Å²) in [5.41, 5.74) is -0.257. The molecule has 1 heterocycles. The summed E-state index contributed by atoms with van der Waals surface area (Å²) in [6, 6.07) is 14.0. The highest BCUT2D eigenvalue weighted by Crippen LogP contribution is 2.23. The molecular formula is C20H15Cl2N3O4. The van der Waals surface area contributed by atoms with Crippen molar-refractivity contribution in [3.05, 3.63) is 86.3 Å². The molecule has 1 N–H and O–H groups in total. The molecule has 0 aliphatic carbocycles. The average molecular weight is 432 g/mol. The van der Waals surface area contributed by atoms with Gasteiger partial charge >= 0.3 is 5.97 Å². The Hall–Kier alpha value is -3.16. The number of amides is 1. The number of halogens is 2. The van der Waals surface area contributed by atoms with E-state index in [0.717, 1.165) is 10.7 Å². The van der Waals surface area contributed by atoms with Crippen molar-refractivity contribution in [3.63, 3.8) is 0 Å². The molecule has 2 aromatic carbocycles. The van der Waals surface area contributed by atoms with E-state index in [4.69, 9.17) is 27.9 Å². The summed E-state index contributed by atoms with van der Waals surface area (Å²) in [7, 11) is 0. The molecule has 9 heteroatoms. The maximum atomic E-state index is 12.6. The van der Waals surface area contributed by atoms with E-state index in [1.807, 2.05) is 0 Å². The first-order valence-corrected chi connectivity index (χ1v) is 9.29. The standard InChI is InChI=1S/C20H15Cl2N3O4/c1-2-29-20(28)18-16(23-19(27)14-9-8-12(21)10-15(14)22)11-17(26)25(24-18)13-6-4-3-5-7-13/h3-11H,2H2,1H3,(H,23,27). The first-order valence-electron chi connectivity index (χ1n) is 8.54. The molecule has 0 saturated heterocycles. The second kappa shape index (κ2) is 8.89. The number of nitrogens with one attached hydrogen (secondary N) is 1. The number of aromatic nitrogens is 2. The number of benzene rings is 2.